The third-order valence-corrected chi connectivity index (χ3v) is 5.54. The molecule has 3 rings (SSSR count). The van der Waals surface area contributed by atoms with Gasteiger partial charge in [-0.05, 0) is 56.6 Å². The smallest absolute Gasteiger partial charge is 0.241 e. The molecule has 1 saturated heterocycles. The van der Waals surface area contributed by atoms with Crippen LogP contribution in [0.5, 0.6) is 0 Å². The number of amides is 2. The highest BCUT2D eigenvalue weighted by molar-refractivity contribution is 6.42. The Labute approximate surface area is 174 Å². The monoisotopic (exact) mass is 423 g/mol. The summed E-state index contributed by atoms with van der Waals surface area (Å²) >= 11 is 11.9. The van der Waals surface area contributed by atoms with Crippen LogP contribution in [0.15, 0.2) is 41.0 Å². The van der Waals surface area contributed by atoms with Crippen molar-refractivity contribution in [1.29, 1.82) is 0 Å². The summed E-state index contributed by atoms with van der Waals surface area (Å²) in [5.41, 5.74) is 0.584. The molecule has 2 N–H and O–H groups in total. The summed E-state index contributed by atoms with van der Waals surface area (Å²) in [5, 5.41) is 6.60. The Morgan fingerprint density at radius 3 is 2.79 bits per heavy atom. The molecule has 0 spiro atoms. The summed E-state index contributed by atoms with van der Waals surface area (Å²) in [6.45, 7) is 2.72. The van der Waals surface area contributed by atoms with E-state index in [-0.39, 0.29) is 30.4 Å². The zero-order valence-electron chi connectivity index (χ0n) is 15.6. The lowest BCUT2D eigenvalue weighted by molar-refractivity contribution is -0.127. The van der Waals surface area contributed by atoms with E-state index in [9.17, 15) is 9.59 Å². The number of nitrogens with one attached hydrogen (secondary N) is 2. The molecule has 1 aromatic heterocycles. The fourth-order valence-corrected chi connectivity index (χ4v) is 3.66. The molecule has 1 fully saturated rings. The average Bonchev–Trinajstić information content (AvgIpc) is 3.20. The molecule has 0 saturated carbocycles. The van der Waals surface area contributed by atoms with E-state index >= 15 is 0 Å². The Morgan fingerprint density at radius 2 is 2.07 bits per heavy atom. The highest BCUT2D eigenvalue weighted by Gasteiger charge is 2.30. The minimum atomic E-state index is -0.368. The predicted molar refractivity (Wildman–Crippen MR) is 110 cm³/mol. The van der Waals surface area contributed by atoms with Crippen molar-refractivity contribution >= 4 is 40.7 Å². The molecule has 2 heterocycles. The molecule has 1 aliphatic rings. The minimum absolute atomic E-state index is 0.141. The van der Waals surface area contributed by atoms with Crippen molar-refractivity contribution in [2.45, 2.75) is 38.3 Å². The van der Waals surface area contributed by atoms with Crippen molar-refractivity contribution in [3.05, 3.63) is 52.4 Å². The first-order valence-electron chi connectivity index (χ1n) is 9.27. The Kier molecular flexibility index (Phi) is 6.99. The van der Waals surface area contributed by atoms with Gasteiger partial charge in [0.15, 0.2) is 0 Å². The fourth-order valence-electron chi connectivity index (χ4n) is 3.36. The molecule has 1 aromatic carbocycles. The first kappa shape index (κ1) is 20.7. The molecule has 2 atom stereocenters. The van der Waals surface area contributed by atoms with Crippen LogP contribution in [0, 0.1) is 0 Å². The Hall–Kier alpha value is -2.02. The van der Waals surface area contributed by atoms with Gasteiger partial charge in [0, 0.05) is 5.69 Å². The fraction of sp³-hybridized carbons (Fsp3) is 0.400. The second-order valence-electron chi connectivity index (χ2n) is 6.90. The van der Waals surface area contributed by atoms with E-state index in [1.165, 1.54) is 0 Å². The number of furan rings is 1. The number of piperidine rings is 1. The van der Waals surface area contributed by atoms with Gasteiger partial charge in [0.1, 0.15) is 5.76 Å². The molecular formula is C20H23Cl2N3O3. The van der Waals surface area contributed by atoms with Crippen molar-refractivity contribution in [3.8, 4) is 0 Å². The predicted octanol–water partition coefficient (Wildman–Crippen LogP) is 4.26. The number of rotatable bonds is 6. The van der Waals surface area contributed by atoms with Crippen LogP contribution in [0.25, 0.3) is 0 Å². The standard InChI is InChI=1S/C20H23Cl2N3O3/c1-13(18-6-4-10-28-18)23-19(26)12-25-9-3-2-5-17(25)20(27)24-14-7-8-15(21)16(22)11-14/h4,6-8,10-11,13,17H,2-3,5,9,12H2,1H3,(H,23,26)(H,24,27). The number of carbonyl (C=O) groups is 2. The van der Waals surface area contributed by atoms with Gasteiger partial charge in [-0.2, -0.15) is 0 Å². The largest absolute Gasteiger partial charge is 0.467 e. The highest BCUT2D eigenvalue weighted by atomic mass is 35.5. The molecule has 2 aromatic rings. The normalized spacial score (nSPS) is 18.5. The van der Waals surface area contributed by atoms with E-state index in [2.05, 4.69) is 10.6 Å². The van der Waals surface area contributed by atoms with Crippen molar-refractivity contribution in [1.82, 2.24) is 10.2 Å². The topological polar surface area (TPSA) is 74.6 Å². The molecule has 8 heteroatoms. The number of hydrogen-bond donors (Lipinski definition) is 2. The minimum Gasteiger partial charge on any atom is -0.467 e. The number of anilines is 1. The lowest BCUT2D eigenvalue weighted by Gasteiger charge is -2.34. The average molecular weight is 424 g/mol. The van der Waals surface area contributed by atoms with Crippen molar-refractivity contribution in [2.24, 2.45) is 0 Å². The van der Waals surface area contributed by atoms with E-state index in [4.69, 9.17) is 27.6 Å². The Morgan fingerprint density at radius 1 is 1.25 bits per heavy atom. The maximum Gasteiger partial charge on any atom is 0.241 e. The molecule has 2 unspecified atom stereocenters. The van der Waals surface area contributed by atoms with E-state index in [0.717, 1.165) is 12.8 Å². The molecule has 150 valence electrons. The molecule has 28 heavy (non-hydrogen) atoms. The molecule has 1 aliphatic heterocycles. The lowest BCUT2D eigenvalue weighted by atomic mass is 10.0. The lowest BCUT2D eigenvalue weighted by Crippen LogP contribution is -2.50. The van der Waals surface area contributed by atoms with Gasteiger partial charge >= 0.3 is 0 Å². The SMILES string of the molecule is CC(NC(=O)CN1CCCCC1C(=O)Nc1ccc(Cl)c(Cl)c1)c1ccco1. The number of benzene rings is 1. The molecule has 0 radical (unpaired) electrons. The number of carbonyl (C=O) groups excluding carboxylic acids is 2. The van der Waals surface area contributed by atoms with Crippen LogP contribution in [-0.2, 0) is 9.59 Å². The zero-order chi connectivity index (χ0) is 20.1. The molecular weight excluding hydrogens is 401 g/mol. The van der Waals surface area contributed by atoms with Crippen LogP contribution in [0.4, 0.5) is 5.69 Å². The second-order valence-corrected chi connectivity index (χ2v) is 7.72. The van der Waals surface area contributed by atoms with Crippen LogP contribution in [0.1, 0.15) is 38.0 Å². The van der Waals surface area contributed by atoms with Gasteiger partial charge in [-0.1, -0.05) is 29.6 Å². The van der Waals surface area contributed by atoms with Crippen LogP contribution in [-0.4, -0.2) is 35.8 Å². The van der Waals surface area contributed by atoms with E-state index in [1.54, 1.807) is 30.5 Å². The summed E-state index contributed by atoms with van der Waals surface area (Å²) in [6, 6.07) is 7.97. The van der Waals surface area contributed by atoms with Gasteiger partial charge in [-0.25, -0.2) is 0 Å². The number of likely N-dealkylation sites (tertiary alicyclic amines) is 1. The summed E-state index contributed by atoms with van der Waals surface area (Å²) in [5.74, 6) is 0.406. The number of nitrogens with zero attached hydrogens (tertiary/aromatic N) is 1. The zero-order valence-corrected chi connectivity index (χ0v) is 17.1. The van der Waals surface area contributed by atoms with Gasteiger partial charge in [-0.3, -0.25) is 14.5 Å². The van der Waals surface area contributed by atoms with Crippen LogP contribution < -0.4 is 10.6 Å². The molecule has 6 nitrogen and oxygen atoms in total. The van der Waals surface area contributed by atoms with Crippen molar-refractivity contribution < 1.29 is 14.0 Å². The van der Waals surface area contributed by atoms with E-state index in [1.807, 2.05) is 17.9 Å². The van der Waals surface area contributed by atoms with E-state index in [0.29, 0.717) is 34.5 Å². The van der Waals surface area contributed by atoms with Crippen LogP contribution in [0.3, 0.4) is 0 Å². The third kappa shape index (κ3) is 5.28. The first-order chi connectivity index (χ1) is 13.4. The quantitative estimate of drug-likeness (QED) is 0.727. The van der Waals surface area contributed by atoms with Gasteiger partial charge in [0.2, 0.25) is 11.8 Å². The van der Waals surface area contributed by atoms with Crippen molar-refractivity contribution in [3.63, 3.8) is 0 Å². The maximum atomic E-state index is 12.8. The first-order valence-corrected chi connectivity index (χ1v) is 10.0. The summed E-state index contributed by atoms with van der Waals surface area (Å²) in [7, 11) is 0. The summed E-state index contributed by atoms with van der Waals surface area (Å²) < 4.78 is 5.32. The van der Waals surface area contributed by atoms with Crippen LogP contribution in [0.2, 0.25) is 10.0 Å². The molecule has 0 aliphatic carbocycles. The number of halogens is 2. The second kappa shape index (κ2) is 9.45. The van der Waals surface area contributed by atoms with Gasteiger partial charge in [0.25, 0.3) is 0 Å². The Balaban J connectivity index is 1.60. The number of hydrogen-bond acceptors (Lipinski definition) is 4. The van der Waals surface area contributed by atoms with Crippen molar-refractivity contribution in [2.75, 3.05) is 18.4 Å². The maximum absolute atomic E-state index is 12.8. The van der Waals surface area contributed by atoms with Crippen LogP contribution >= 0.6 is 23.2 Å². The van der Waals surface area contributed by atoms with E-state index < -0.39 is 0 Å². The molecule has 2 amide bonds. The third-order valence-electron chi connectivity index (χ3n) is 4.80. The Bertz CT molecular complexity index is 826. The van der Waals surface area contributed by atoms with Gasteiger partial charge < -0.3 is 15.1 Å². The summed E-state index contributed by atoms with van der Waals surface area (Å²) in [4.78, 5) is 27.2. The van der Waals surface area contributed by atoms with Gasteiger partial charge in [-0.15, -0.1) is 0 Å². The highest BCUT2D eigenvalue weighted by Crippen LogP contribution is 2.26. The summed E-state index contributed by atoms with van der Waals surface area (Å²) in [6.07, 6.45) is 4.18. The van der Waals surface area contributed by atoms with Gasteiger partial charge in [0.05, 0.1) is 34.9 Å². The molecule has 0 bridgehead atoms.